The van der Waals surface area contributed by atoms with E-state index >= 15 is 0 Å². The molecule has 9 nitrogen and oxygen atoms in total. The fraction of sp³-hybridized carbons (Fsp3) is 0.304. The Kier molecular flexibility index (Phi) is 6.90. The van der Waals surface area contributed by atoms with Crippen molar-refractivity contribution in [3.05, 3.63) is 54.4 Å². The SMILES string of the molecule is CC(=O)Nc1cccc(Nc2ncnc(N3CCN(c4ccc(OC(F)(F)F)cc4)CC3)n2)c1C. The Bertz CT molecular complexity index is 1180. The number of anilines is 5. The summed E-state index contributed by atoms with van der Waals surface area (Å²) in [5.74, 6) is 0.493. The molecule has 12 heteroatoms. The Balaban J connectivity index is 1.39. The Morgan fingerprint density at radius 3 is 2.29 bits per heavy atom. The molecule has 0 unspecified atom stereocenters. The molecule has 1 aliphatic heterocycles. The molecule has 0 bridgehead atoms. The number of amides is 1. The van der Waals surface area contributed by atoms with Crippen LogP contribution in [0, 0.1) is 6.92 Å². The van der Waals surface area contributed by atoms with Gasteiger partial charge in [0, 0.05) is 50.2 Å². The average molecular weight is 487 g/mol. The molecule has 1 aromatic heterocycles. The topological polar surface area (TPSA) is 95.5 Å². The van der Waals surface area contributed by atoms with Crippen LogP contribution in [0.3, 0.4) is 0 Å². The highest BCUT2D eigenvalue weighted by atomic mass is 19.4. The summed E-state index contributed by atoms with van der Waals surface area (Å²) < 4.78 is 41.0. The molecule has 1 fully saturated rings. The molecule has 1 saturated heterocycles. The molecule has 184 valence electrons. The van der Waals surface area contributed by atoms with Crippen LogP contribution in [0.4, 0.5) is 42.1 Å². The van der Waals surface area contributed by atoms with Crippen LogP contribution in [0.1, 0.15) is 12.5 Å². The van der Waals surface area contributed by atoms with Gasteiger partial charge in [0.15, 0.2) is 0 Å². The van der Waals surface area contributed by atoms with E-state index in [1.807, 2.05) is 30.0 Å². The molecule has 4 rings (SSSR count). The zero-order valence-electron chi connectivity index (χ0n) is 19.1. The molecule has 0 radical (unpaired) electrons. The number of piperazine rings is 1. The molecule has 2 N–H and O–H groups in total. The number of nitrogens with zero attached hydrogens (tertiary/aromatic N) is 5. The van der Waals surface area contributed by atoms with Crippen molar-refractivity contribution in [2.45, 2.75) is 20.2 Å². The van der Waals surface area contributed by atoms with E-state index in [0.717, 1.165) is 16.9 Å². The number of hydrogen-bond donors (Lipinski definition) is 2. The summed E-state index contributed by atoms with van der Waals surface area (Å²) in [7, 11) is 0. The maximum Gasteiger partial charge on any atom is 0.573 e. The summed E-state index contributed by atoms with van der Waals surface area (Å²) in [6.45, 7) is 5.88. The minimum atomic E-state index is -4.71. The second kappa shape index (κ2) is 10.0. The van der Waals surface area contributed by atoms with E-state index in [0.29, 0.717) is 43.8 Å². The number of ether oxygens (including phenoxy) is 1. The van der Waals surface area contributed by atoms with E-state index in [9.17, 15) is 18.0 Å². The van der Waals surface area contributed by atoms with E-state index < -0.39 is 6.36 Å². The van der Waals surface area contributed by atoms with E-state index in [1.54, 1.807) is 12.1 Å². The van der Waals surface area contributed by atoms with Crippen molar-refractivity contribution in [2.75, 3.05) is 46.6 Å². The lowest BCUT2D eigenvalue weighted by Crippen LogP contribution is -2.47. The number of carbonyl (C=O) groups is 1. The van der Waals surface area contributed by atoms with E-state index in [4.69, 9.17) is 0 Å². The van der Waals surface area contributed by atoms with Gasteiger partial charge in [-0.2, -0.15) is 4.98 Å². The smallest absolute Gasteiger partial charge is 0.406 e. The monoisotopic (exact) mass is 487 g/mol. The Hall–Kier alpha value is -4.09. The van der Waals surface area contributed by atoms with Crippen molar-refractivity contribution in [2.24, 2.45) is 0 Å². The lowest BCUT2D eigenvalue weighted by atomic mass is 10.1. The number of alkyl halides is 3. The number of rotatable bonds is 6. The van der Waals surface area contributed by atoms with Crippen LogP contribution in [0.2, 0.25) is 0 Å². The number of carbonyl (C=O) groups excluding carboxylic acids is 1. The molecule has 1 aliphatic rings. The first kappa shape index (κ1) is 24.0. The third kappa shape index (κ3) is 6.28. The van der Waals surface area contributed by atoms with Gasteiger partial charge in [-0.1, -0.05) is 6.07 Å². The molecule has 1 amide bonds. The van der Waals surface area contributed by atoms with Gasteiger partial charge in [0.2, 0.25) is 17.8 Å². The first-order valence-corrected chi connectivity index (χ1v) is 10.9. The van der Waals surface area contributed by atoms with Crippen LogP contribution in [0.25, 0.3) is 0 Å². The Morgan fingerprint density at radius 1 is 0.971 bits per heavy atom. The number of nitrogens with one attached hydrogen (secondary N) is 2. The van der Waals surface area contributed by atoms with Crippen LogP contribution in [-0.2, 0) is 4.79 Å². The molecular weight excluding hydrogens is 463 g/mol. The van der Waals surface area contributed by atoms with Crippen molar-refractivity contribution in [3.63, 3.8) is 0 Å². The Labute approximate surface area is 200 Å². The lowest BCUT2D eigenvalue weighted by molar-refractivity contribution is -0.274. The third-order valence-electron chi connectivity index (χ3n) is 5.45. The highest BCUT2D eigenvalue weighted by Gasteiger charge is 2.31. The zero-order valence-corrected chi connectivity index (χ0v) is 19.1. The summed E-state index contributed by atoms with van der Waals surface area (Å²) >= 11 is 0. The van der Waals surface area contributed by atoms with Crippen LogP contribution in [0.5, 0.6) is 5.75 Å². The van der Waals surface area contributed by atoms with Crippen molar-refractivity contribution in [1.29, 1.82) is 0 Å². The molecular formula is C23H24F3N7O2. The summed E-state index contributed by atoms with van der Waals surface area (Å²) in [4.78, 5) is 28.5. The van der Waals surface area contributed by atoms with Crippen LogP contribution in [0.15, 0.2) is 48.8 Å². The standard InChI is InChI=1S/C23H24F3N7O2/c1-15-19(29-16(2)34)4-3-5-20(15)30-21-27-14-28-22(31-21)33-12-10-32(11-13-33)17-6-8-18(9-7-17)35-23(24,25)26/h3-9,14H,10-13H2,1-2H3,(H,29,34)(H,27,28,30,31). The molecule has 0 saturated carbocycles. The second-order valence-electron chi connectivity index (χ2n) is 7.91. The van der Waals surface area contributed by atoms with Gasteiger partial charge in [-0.15, -0.1) is 13.2 Å². The van der Waals surface area contributed by atoms with Crippen LogP contribution < -0.4 is 25.2 Å². The molecule has 0 spiro atoms. The van der Waals surface area contributed by atoms with Crippen molar-refractivity contribution in [1.82, 2.24) is 15.0 Å². The maximum absolute atomic E-state index is 12.4. The molecule has 2 heterocycles. The zero-order chi connectivity index (χ0) is 25.0. The minimum absolute atomic E-state index is 0.155. The van der Waals surface area contributed by atoms with Gasteiger partial charge >= 0.3 is 6.36 Å². The number of halogens is 3. The lowest BCUT2D eigenvalue weighted by Gasteiger charge is -2.36. The minimum Gasteiger partial charge on any atom is -0.406 e. The molecule has 0 atom stereocenters. The predicted octanol–water partition coefficient (Wildman–Crippen LogP) is 4.11. The van der Waals surface area contributed by atoms with Gasteiger partial charge in [0.25, 0.3) is 0 Å². The average Bonchev–Trinajstić information content (AvgIpc) is 2.81. The summed E-state index contributed by atoms with van der Waals surface area (Å²) in [5, 5.41) is 5.97. The van der Waals surface area contributed by atoms with Crippen LogP contribution in [-0.4, -0.2) is 53.4 Å². The van der Waals surface area contributed by atoms with Crippen molar-refractivity contribution < 1.29 is 22.7 Å². The Morgan fingerprint density at radius 2 is 1.63 bits per heavy atom. The normalized spacial score (nSPS) is 14.0. The number of aromatic nitrogens is 3. The molecule has 35 heavy (non-hydrogen) atoms. The predicted molar refractivity (Wildman–Crippen MR) is 126 cm³/mol. The fourth-order valence-corrected chi connectivity index (χ4v) is 3.74. The fourth-order valence-electron chi connectivity index (χ4n) is 3.74. The summed E-state index contributed by atoms with van der Waals surface area (Å²) in [6.07, 6.45) is -3.28. The first-order chi connectivity index (χ1) is 16.7. The maximum atomic E-state index is 12.4. The number of benzene rings is 2. The molecule has 3 aromatic rings. The first-order valence-electron chi connectivity index (χ1n) is 10.9. The van der Waals surface area contributed by atoms with Gasteiger partial charge < -0.3 is 25.2 Å². The van der Waals surface area contributed by atoms with Gasteiger partial charge in [0.05, 0.1) is 0 Å². The summed E-state index contributed by atoms with van der Waals surface area (Å²) in [6, 6.07) is 11.3. The highest BCUT2D eigenvalue weighted by Crippen LogP contribution is 2.27. The molecule has 2 aromatic carbocycles. The van der Waals surface area contributed by atoms with Crippen molar-refractivity contribution >= 4 is 34.9 Å². The second-order valence-corrected chi connectivity index (χ2v) is 7.91. The van der Waals surface area contributed by atoms with Crippen LogP contribution >= 0.6 is 0 Å². The van der Waals surface area contributed by atoms with E-state index in [-0.39, 0.29) is 11.7 Å². The molecule has 0 aliphatic carbocycles. The van der Waals surface area contributed by atoms with E-state index in [2.05, 4.69) is 35.2 Å². The highest BCUT2D eigenvalue weighted by molar-refractivity contribution is 5.90. The van der Waals surface area contributed by atoms with E-state index in [1.165, 1.54) is 25.4 Å². The van der Waals surface area contributed by atoms with Gasteiger partial charge in [-0.3, -0.25) is 4.79 Å². The van der Waals surface area contributed by atoms with Gasteiger partial charge in [-0.05, 0) is 48.9 Å². The third-order valence-corrected chi connectivity index (χ3v) is 5.45. The van der Waals surface area contributed by atoms with Gasteiger partial charge in [-0.25, -0.2) is 9.97 Å². The van der Waals surface area contributed by atoms with Crippen molar-refractivity contribution in [3.8, 4) is 5.75 Å². The largest absolute Gasteiger partial charge is 0.573 e. The van der Waals surface area contributed by atoms with Gasteiger partial charge in [0.1, 0.15) is 12.1 Å². The number of hydrogen-bond acceptors (Lipinski definition) is 8. The quantitative estimate of drug-likeness (QED) is 0.537. The summed E-state index contributed by atoms with van der Waals surface area (Å²) in [5.41, 5.74) is 3.12.